The van der Waals surface area contributed by atoms with E-state index in [1.165, 1.54) is 0 Å². The van der Waals surface area contributed by atoms with Gasteiger partial charge in [0.25, 0.3) is 0 Å². The van der Waals surface area contributed by atoms with E-state index in [0.717, 1.165) is 16.8 Å². The minimum Gasteiger partial charge on any atom is -0.326 e. The highest BCUT2D eigenvalue weighted by Gasteiger charge is 2.07. The lowest BCUT2D eigenvalue weighted by molar-refractivity contribution is 1.04. The van der Waals surface area contributed by atoms with Crippen molar-refractivity contribution in [1.29, 1.82) is 5.26 Å². The number of rotatable bonds is 2. The summed E-state index contributed by atoms with van der Waals surface area (Å²) in [7, 11) is 0. The van der Waals surface area contributed by atoms with Crippen molar-refractivity contribution in [3.63, 3.8) is 0 Å². The summed E-state index contributed by atoms with van der Waals surface area (Å²) >= 11 is 0. The molecule has 2 heterocycles. The number of aromatic nitrogens is 2. The molecular formula is C13H12N4. The maximum Gasteiger partial charge on any atom is 0.101 e. The normalized spacial score (nSPS) is 9.94. The Labute approximate surface area is 99.8 Å². The minimum absolute atomic E-state index is 0.386. The molecule has 0 atom stereocenters. The first kappa shape index (κ1) is 11.2. The summed E-state index contributed by atoms with van der Waals surface area (Å²) in [5, 5.41) is 9.12. The minimum atomic E-state index is 0.386. The molecule has 0 aliphatic heterocycles. The Hall–Kier alpha value is -2.25. The maximum absolute atomic E-state index is 9.12. The van der Waals surface area contributed by atoms with Gasteiger partial charge in [-0.05, 0) is 30.7 Å². The fraction of sp³-hybridized carbons (Fsp3) is 0.154. The van der Waals surface area contributed by atoms with Gasteiger partial charge in [0.15, 0.2) is 0 Å². The van der Waals surface area contributed by atoms with Crippen molar-refractivity contribution in [2.75, 3.05) is 0 Å². The Kier molecular flexibility index (Phi) is 3.12. The molecule has 17 heavy (non-hydrogen) atoms. The number of nitriles is 1. The lowest BCUT2D eigenvalue weighted by atomic mass is 10.1. The molecule has 2 aromatic heterocycles. The van der Waals surface area contributed by atoms with Crippen molar-refractivity contribution < 1.29 is 0 Å². The van der Waals surface area contributed by atoms with Crippen LogP contribution in [0.1, 0.15) is 16.8 Å². The molecule has 0 unspecified atom stereocenters. The Morgan fingerprint density at radius 2 is 2.18 bits per heavy atom. The summed E-state index contributed by atoms with van der Waals surface area (Å²) in [6, 6.07) is 7.68. The van der Waals surface area contributed by atoms with Crippen molar-refractivity contribution in [3.8, 4) is 17.3 Å². The van der Waals surface area contributed by atoms with E-state index < -0.39 is 0 Å². The zero-order valence-electron chi connectivity index (χ0n) is 9.51. The Balaban J connectivity index is 2.56. The highest BCUT2D eigenvalue weighted by Crippen LogP contribution is 2.21. The lowest BCUT2D eigenvalue weighted by Gasteiger charge is -2.05. The first-order valence-corrected chi connectivity index (χ1v) is 5.26. The van der Waals surface area contributed by atoms with Gasteiger partial charge in [0.2, 0.25) is 0 Å². The second-order valence-corrected chi connectivity index (χ2v) is 3.74. The van der Waals surface area contributed by atoms with Crippen LogP contribution in [0.25, 0.3) is 11.3 Å². The van der Waals surface area contributed by atoms with E-state index in [0.29, 0.717) is 17.8 Å². The van der Waals surface area contributed by atoms with Crippen molar-refractivity contribution >= 4 is 0 Å². The second-order valence-electron chi connectivity index (χ2n) is 3.74. The van der Waals surface area contributed by atoms with E-state index in [-0.39, 0.29) is 0 Å². The van der Waals surface area contributed by atoms with Crippen LogP contribution in [0.5, 0.6) is 0 Å². The van der Waals surface area contributed by atoms with Crippen LogP contribution in [0.15, 0.2) is 30.6 Å². The Bertz CT molecular complexity index is 584. The van der Waals surface area contributed by atoms with Gasteiger partial charge in [-0.3, -0.25) is 9.97 Å². The summed E-state index contributed by atoms with van der Waals surface area (Å²) in [6.07, 6.45) is 3.41. The van der Waals surface area contributed by atoms with Gasteiger partial charge in [-0.15, -0.1) is 0 Å². The van der Waals surface area contributed by atoms with Gasteiger partial charge in [-0.25, -0.2) is 0 Å². The quantitative estimate of drug-likeness (QED) is 0.843. The summed E-state index contributed by atoms with van der Waals surface area (Å²) < 4.78 is 0. The van der Waals surface area contributed by atoms with Crippen molar-refractivity contribution in [2.24, 2.45) is 5.73 Å². The Morgan fingerprint density at radius 1 is 1.35 bits per heavy atom. The molecule has 4 heteroatoms. The van der Waals surface area contributed by atoms with E-state index in [9.17, 15) is 0 Å². The largest absolute Gasteiger partial charge is 0.326 e. The van der Waals surface area contributed by atoms with Crippen LogP contribution in [0.3, 0.4) is 0 Å². The van der Waals surface area contributed by atoms with Crippen LogP contribution in [0.2, 0.25) is 0 Å². The Morgan fingerprint density at radius 3 is 2.82 bits per heavy atom. The molecule has 0 bridgehead atoms. The van der Waals surface area contributed by atoms with Crippen LogP contribution in [-0.2, 0) is 6.54 Å². The predicted molar refractivity (Wildman–Crippen MR) is 64.8 cm³/mol. The van der Waals surface area contributed by atoms with Crippen LogP contribution < -0.4 is 5.73 Å². The molecule has 2 rings (SSSR count). The third-order valence-corrected chi connectivity index (χ3v) is 2.47. The highest BCUT2D eigenvalue weighted by atomic mass is 14.7. The number of nitrogens with two attached hydrogens (primary N) is 1. The van der Waals surface area contributed by atoms with Crippen LogP contribution >= 0.6 is 0 Å². The zero-order chi connectivity index (χ0) is 12.3. The number of hydrogen-bond acceptors (Lipinski definition) is 4. The van der Waals surface area contributed by atoms with Crippen LogP contribution in [0, 0.1) is 18.3 Å². The molecule has 0 aliphatic rings. The van der Waals surface area contributed by atoms with Gasteiger partial charge in [0.1, 0.15) is 6.07 Å². The highest BCUT2D eigenvalue weighted by molar-refractivity contribution is 5.66. The molecule has 0 radical (unpaired) electrons. The third kappa shape index (κ3) is 2.30. The molecule has 0 fully saturated rings. The molecule has 0 aliphatic carbocycles. The summed E-state index contributed by atoms with van der Waals surface area (Å²) in [4.78, 5) is 8.43. The molecule has 0 saturated heterocycles. The molecule has 84 valence electrons. The van der Waals surface area contributed by atoms with Gasteiger partial charge in [0, 0.05) is 30.2 Å². The monoisotopic (exact) mass is 224 g/mol. The van der Waals surface area contributed by atoms with E-state index in [1.807, 2.05) is 19.1 Å². The van der Waals surface area contributed by atoms with Gasteiger partial charge in [0.05, 0.1) is 11.3 Å². The average Bonchev–Trinajstić information content (AvgIpc) is 2.38. The SMILES string of the molecule is Cc1cc(-c2ncc(CN)cc2C#N)ccn1. The summed E-state index contributed by atoms with van der Waals surface area (Å²) in [5.41, 5.74) is 9.40. The first-order chi connectivity index (χ1) is 8.24. The van der Waals surface area contributed by atoms with Crippen molar-refractivity contribution in [2.45, 2.75) is 13.5 Å². The second kappa shape index (κ2) is 4.73. The lowest BCUT2D eigenvalue weighted by Crippen LogP contribution is -1.99. The van der Waals surface area contributed by atoms with E-state index in [1.54, 1.807) is 18.5 Å². The zero-order valence-corrected chi connectivity index (χ0v) is 9.51. The van der Waals surface area contributed by atoms with Crippen molar-refractivity contribution in [1.82, 2.24) is 9.97 Å². The fourth-order valence-corrected chi connectivity index (χ4v) is 1.63. The maximum atomic E-state index is 9.12. The molecule has 4 nitrogen and oxygen atoms in total. The topological polar surface area (TPSA) is 75.6 Å². The van der Waals surface area contributed by atoms with E-state index >= 15 is 0 Å². The van der Waals surface area contributed by atoms with Gasteiger partial charge in [-0.2, -0.15) is 5.26 Å². The van der Waals surface area contributed by atoms with Gasteiger partial charge < -0.3 is 5.73 Å². The number of pyridine rings is 2. The molecule has 2 aromatic rings. The molecule has 0 aromatic carbocycles. The number of hydrogen-bond donors (Lipinski definition) is 1. The molecule has 2 N–H and O–H groups in total. The summed E-state index contributed by atoms with van der Waals surface area (Å²) in [5.74, 6) is 0. The van der Waals surface area contributed by atoms with Gasteiger partial charge >= 0.3 is 0 Å². The summed E-state index contributed by atoms with van der Waals surface area (Å²) in [6.45, 7) is 2.29. The van der Waals surface area contributed by atoms with E-state index in [2.05, 4.69) is 16.0 Å². The third-order valence-electron chi connectivity index (χ3n) is 2.47. The molecule has 0 saturated carbocycles. The fourth-order valence-electron chi connectivity index (χ4n) is 1.63. The molecule has 0 amide bonds. The number of nitrogens with zero attached hydrogens (tertiary/aromatic N) is 3. The van der Waals surface area contributed by atoms with E-state index in [4.69, 9.17) is 11.0 Å². The number of aryl methyl sites for hydroxylation is 1. The molecular weight excluding hydrogens is 212 g/mol. The van der Waals surface area contributed by atoms with Crippen LogP contribution in [-0.4, -0.2) is 9.97 Å². The van der Waals surface area contributed by atoms with Crippen LogP contribution in [0.4, 0.5) is 0 Å². The molecule has 0 spiro atoms. The van der Waals surface area contributed by atoms with Crippen molar-refractivity contribution in [3.05, 3.63) is 47.4 Å². The average molecular weight is 224 g/mol. The standard InChI is InChI=1S/C13H12N4/c1-9-4-11(2-3-16-9)13-12(7-15)5-10(6-14)8-17-13/h2-5,8H,6,14H2,1H3. The van der Waals surface area contributed by atoms with Gasteiger partial charge in [-0.1, -0.05) is 0 Å². The predicted octanol–water partition coefficient (Wildman–Crippen LogP) is 1.78. The smallest absolute Gasteiger partial charge is 0.101 e. The first-order valence-electron chi connectivity index (χ1n) is 5.26.